The van der Waals surface area contributed by atoms with Crippen molar-refractivity contribution in [3.05, 3.63) is 34.3 Å². The predicted octanol–water partition coefficient (Wildman–Crippen LogP) is -7.09. The van der Waals surface area contributed by atoms with Gasteiger partial charge in [0, 0.05) is 15.2 Å². The summed E-state index contributed by atoms with van der Waals surface area (Å²) < 4.78 is 30.9. The van der Waals surface area contributed by atoms with E-state index in [2.05, 4.69) is 47.3 Å². The molecule has 4 aromatic rings. The van der Waals surface area contributed by atoms with Crippen LogP contribution in [0, 0.1) is 6.92 Å². The summed E-state index contributed by atoms with van der Waals surface area (Å²) in [5.74, 6) is 0. The summed E-state index contributed by atoms with van der Waals surface area (Å²) in [5.41, 5.74) is 10.2. The fourth-order valence-corrected chi connectivity index (χ4v) is 6.80. The molecule has 0 aliphatic rings. The molecule has 0 unspecified atom stereocenters. The van der Waals surface area contributed by atoms with Gasteiger partial charge in [0.05, 0.1) is 15.9 Å². The van der Waals surface area contributed by atoms with E-state index in [0.29, 0.717) is 4.90 Å². The summed E-state index contributed by atoms with van der Waals surface area (Å²) in [6.07, 6.45) is 0. The quantitative estimate of drug-likeness (QED) is 0.266. The van der Waals surface area contributed by atoms with Crippen LogP contribution in [0.3, 0.4) is 0 Å². The maximum Gasteiger partial charge on any atom is 0.268 e. The minimum absolute atomic E-state index is 0.310. The SMILES string of the molecule is Bc1c(B)c(B)c2c(c1B)c1c(B)c(Br)c(B)c(B)c1n2S(=O)(=O)c1ccc(C)cc1. The summed E-state index contributed by atoms with van der Waals surface area (Å²) in [5, 5.41) is 2.05. The zero-order valence-corrected chi connectivity index (χ0v) is 21.8. The average molecular weight is 483 g/mol. The Labute approximate surface area is 198 Å². The number of halogens is 1. The lowest BCUT2D eigenvalue weighted by atomic mass is 9.65. The van der Waals surface area contributed by atoms with Gasteiger partial charge in [0.2, 0.25) is 0 Å². The molecular formula is C19H21B7BrNO2S. The van der Waals surface area contributed by atoms with Crippen LogP contribution >= 0.6 is 15.9 Å². The summed E-state index contributed by atoms with van der Waals surface area (Å²) >= 11 is 3.77. The minimum atomic E-state index is -3.80. The molecule has 0 amide bonds. The number of nitrogens with zero attached hydrogens (tertiary/aromatic N) is 1. The van der Waals surface area contributed by atoms with Crippen molar-refractivity contribution in [2.75, 3.05) is 0 Å². The van der Waals surface area contributed by atoms with Crippen molar-refractivity contribution in [3.63, 3.8) is 0 Å². The van der Waals surface area contributed by atoms with Gasteiger partial charge in [-0.1, -0.05) is 66.4 Å². The van der Waals surface area contributed by atoms with Gasteiger partial charge in [0.25, 0.3) is 10.0 Å². The monoisotopic (exact) mass is 483 g/mol. The second-order valence-electron chi connectivity index (χ2n) is 8.72. The number of benzene rings is 3. The molecule has 1 heterocycles. The van der Waals surface area contributed by atoms with Crippen LogP contribution in [0.25, 0.3) is 21.8 Å². The first kappa shape index (κ1) is 22.5. The molecule has 0 fully saturated rings. The van der Waals surface area contributed by atoms with E-state index in [1.807, 2.05) is 42.6 Å². The summed E-state index contributed by atoms with van der Waals surface area (Å²) in [6, 6.07) is 7.13. The largest absolute Gasteiger partial charge is 0.268 e. The van der Waals surface area contributed by atoms with Gasteiger partial charge in [-0.15, -0.1) is 5.46 Å². The summed E-state index contributed by atoms with van der Waals surface area (Å²) in [6.45, 7) is 1.96. The van der Waals surface area contributed by atoms with Crippen molar-refractivity contribution in [2.24, 2.45) is 0 Å². The topological polar surface area (TPSA) is 39.1 Å². The summed E-state index contributed by atoms with van der Waals surface area (Å²) in [4.78, 5) is 0.310. The van der Waals surface area contributed by atoms with Crippen LogP contribution in [0.2, 0.25) is 0 Å². The van der Waals surface area contributed by atoms with Crippen molar-refractivity contribution >= 4 is 141 Å². The molecule has 148 valence electrons. The number of hydrogen-bond acceptors (Lipinski definition) is 2. The highest BCUT2D eigenvalue weighted by atomic mass is 79.9. The standard InChI is InChI=1S/C19H21B7BrNO2S/c1-6-2-4-7(5-3-6)31(29,30)28-18-8(10(20)12(22)13(23)15(18)25)9-11(21)17(27)14(24)16(26)19(9)28/h2-5H,20-26H2,1H3. The first-order chi connectivity index (χ1) is 14.4. The van der Waals surface area contributed by atoms with Crippen LogP contribution in [-0.4, -0.2) is 67.3 Å². The highest BCUT2D eigenvalue weighted by molar-refractivity contribution is 9.10. The molecule has 3 aromatic carbocycles. The maximum absolute atomic E-state index is 14.1. The molecular weight excluding hydrogens is 462 g/mol. The van der Waals surface area contributed by atoms with Gasteiger partial charge in [-0.05, 0) is 19.1 Å². The normalized spacial score (nSPS) is 12.1. The van der Waals surface area contributed by atoms with Crippen molar-refractivity contribution in [1.29, 1.82) is 0 Å². The number of rotatable bonds is 2. The molecule has 3 nitrogen and oxygen atoms in total. The zero-order chi connectivity index (χ0) is 23.0. The maximum atomic E-state index is 14.1. The van der Waals surface area contributed by atoms with Crippen molar-refractivity contribution < 1.29 is 8.42 Å². The van der Waals surface area contributed by atoms with Crippen LogP contribution in [0.5, 0.6) is 0 Å². The fraction of sp³-hybridized carbons (Fsp3) is 0.0526. The van der Waals surface area contributed by atoms with E-state index >= 15 is 0 Å². The fourth-order valence-electron chi connectivity index (χ4n) is 4.68. The van der Waals surface area contributed by atoms with Gasteiger partial charge in [-0.25, -0.2) is 12.4 Å². The molecule has 1 aromatic heterocycles. The lowest BCUT2D eigenvalue weighted by molar-refractivity contribution is 0.590. The Balaban J connectivity index is 2.39. The van der Waals surface area contributed by atoms with Crippen molar-refractivity contribution in [3.8, 4) is 0 Å². The molecule has 0 N–H and O–H groups in total. The second kappa shape index (κ2) is 7.45. The van der Waals surface area contributed by atoms with Crippen molar-refractivity contribution in [1.82, 2.24) is 3.97 Å². The van der Waals surface area contributed by atoms with Crippen LogP contribution in [0.15, 0.2) is 33.6 Å². The number of aromatic nitrogens is 1. The van der Waals surface area contributed by atoms with Gasteiger partial charge < -0.3 is 0 Å². The van der Waals surface area contributed by atoms with E-state index in [4.69, 9.17) is 0 Å². The number of fused-ring (bicyclic) bond motifs is 3. The molecule has 0 aliphatic carbocycles. The third kappa shape index (κ3) is 3.05. The lowest BCUT2D eigenvalue weighted by Gasteiger charge is -2.16. The molecule has 0 bridgehead atoms. The van der Waals surface area contributed by atoms with Gasteiger partial charge in [-0.3, -0.25) is 0 Å². The van der Waals surface area contributed by atoms with Gasteiger partial charge >= 0.3 is 0 Å². The number of aryl methyl sites for hydroxylation is 1. The van der Waals surface area contributed by atoms with Gasteiger partial charge in [0.15, 0.2) is 0 Å². The first-order valence-corrected chi connectivity index (χ1v) is 12.7. The number of hydrogen-bond donors (Lipinski definition) is 0. The predicted molar refractivity (Wildman–Crippen MR) is 158 cm³/mol. The molecule has 4 rings (SSSR count). The summed E-state index contributed by atoms with van der Waals surface area (Å²) in [7, 11) is 10.7. The Bertz CT molecular complexity index is 1450. The molecule has 0 atom stereocenters. The molecule has 12 heteroatoms. The third-order valence-corrected chi connectivity index (χ3v) is 9.96. The molecule has 0 saturated heterocycles. The van der Waals surface area contributed by atoms with Crippen LogP contribution in [0.4, 0.5) is 0 Å². The molecule has 0 saturated carbocycles. The molecule has 0 radical (unpaired) electrons. The zero-order valence-electron chi connectivity index (χ0n) is 19.4. The first-order valence-electron chi connectivity index (χ1n) is 10.4. The molecule has 0 aliphatic heterocycles. The Morgan fingerprint density at radius 3 is 1.68 bits per heavy atom. The van der Waals surface area contributed by atoms with E-state index in [9.17, 15) is 8.42 Å². The Hall–Kier alpha value is -1.66. The molecule has 31 heavy (non-hydrogen) atoms. The smallest absolute Gasteiger partial charge is 0.234 e. The van der Waals surface area contributed by atoms with Crippen LogP contribution in [0.1, 0.15) is 5.56 Å². The third-order valence-electron chi connectivity index (χ3n) is 7.06. The van der Waals surface area contributed by atoms with E-state index in [-0.39, 0.29) is 0 Å². The van der Waals surface area contributed by atoms with Gasteiger partial charge in [-0.2, -0.15) is 0 Å². The minimum Gasteiger partial charge on any atom is -0.234 e. The Morgan fingerprint density at radius 1 is 0.677 bits per heavy atom. The molecule has 0 spiro atoms. The Morgan fingerprint density at radius 2 is 1.13 bits per heavy atom. The van der Waals surface area contributed by atoms with Crippen molar-refractivity contribution in [2.45, 2.75) is 11.8 Å². The van der Waals surface area contributed by atoms with E-state index in [1.54, 1.807) is 16.1 Å². The second-order valence-corrected chi connectivity index (χ2v) is 11.3. The van der Waals surface area contributed by atoms with E-state index in [0.717, 1.165) is 64.6 Å². The van der Waals surface area contributed by atoms with E-state index in [1.165, 1.54) is 5.46 Å². The van der Waals surface area contributed by atoms with Crippen LogP contribution < -0.4 is 38.2 Å². The lowest BCUT2D eigenvalue weighted by Crippen LogP contribution is -2.48. The average Bonchev–Trinajstić information content (AvgIpc) is 3.11. The van der Waals surface area contributed by atoms with Gasteiger partial charge in [0.1, 0.15) is 54.9 Å². The highest BCUT2D eigenvalue weighted by Crippen LogP contribution is 2.29. The highest BCUT2D eigenvalue weighted by Gasteiger charge is 2.29. The Kier molecular flexibility index (Phi) is 5.41. The van der Waals surface area contributed by atoms with E-state index < -0.39 is 10.0 Å². The van der Waals surface area contributed by atoms with Crippen LogP contribution in [-0.2, 0) is 10.0 Å².